The highest BCUT2D eigenvalue weighted by Crippen LogP contribution is 2.18. The van der Waals surface area contributed by atoms with E-state index in [0.29, 0.717) is 19.3 Å². The molecule has 0 spiro atoms. The first-order valence-corrected chi connectivity index (χ1v) is 33.0. The van der Waals surface area contributed by atoms with Crippen LogP contribution in [-0.2, 0) is 28.6 Å². The van der Waals surface area contributed by atoms with E-state index in [9.17, 15) is 14.4 Å². The van der Waals surface area contributed by atoms with Crippen molar-refractivity contribution in [2.45, 2.75) is 367 Å². The van der Waals surface area contributed by atoms with Crippen LogP contribution in [0.25, 0.3) is 0 Å². The summed E-state index contributed by atoms with van der Waals surface area (Å²) in [5, 5.41) is 0. The third-order valence-electron chi connectivity index (χ3n) is 14.8. The van der Waals surface area contributed by atoms with Crippen molar-refractivity contribution < 1.29 is 28.6 Å². The van der Waals surface area contributed by atoms with Crippen molar-refractivity contribution in [3.05, 3.63) is 36.5 Å². The number of rotatable bonds is 61. The van der Waals surface area contributed by atoms with Gasteiger partial charge >= 0.3 is 17.9 Å². The monoisotopic (exact) mass is 1040 g/mol. The van der Waals surface area contributed by atoms with E-state index in [1.807, 2.05) is 0 Å². The normalized spacial score (nSPS) is 12.2. The Morgan fingerprint density at radius 1 is 0.257 bits per heavy atom. The van der Waals surface area contributed by atoms with Crippen LogP contribution in [-0.4, -0.2) is 37.2 Å². The lowest BCUT2D eigenvalue weighted by Crippen LogP contribution is -2.30. The Labute approximate surface area is 461 Å². The molecule has 6 nitrogen and oxygen atoms in total. The van der Waals surface area contributed by atoms with Crippen molar-refractivity contribution in [1.29, 1.82) is 0 Å². The molecule has 0 aliphatic rings. The summed E-state index contributed by atoms with van der Waals surface area (Å²) in [6.45, 7) is 6.61. The fraction of sp³-hybridized carbons (Fsp3) is 0.868. The summed E-state index contributed by atoms with van der Waals surface area (Å²) in [4.78, 5) is 38.1. The number of carbonyl (C=O) groups excluding carboxylic acids is 3. The summed E-state index contributed by atoms with van der Waals surface area (Å²) < 4.78 is 16.9. The molecule has 0 N–H and O–H groups in total. The predicted octanol–water partition coefficient (Wildman–Crippen LogP) is 22.4. The summed E-state index contributed by atoms with van der Waals surface area (Å²) in [6, 6.07) is 0. The minimum absolute atomic E-state index is 0.0744. The molecule has 0 rings (SSSR count). The lowest BCUT2D eigenvalue weighted by atomic mass is 10.0. The van der Waals surface area contributed by atoms with Crippen LogP contribution in [0.5, 0.6) is 0 Å². The molecule has 0 saturated carbocycles. The first-order valence-electron chi connectivity index (χ1n) is 33.0. The van der Waals surface area contributed by atoms with Crippen molar-refractivity contribution in [1.82, 2.24) is 0 Å². The Morgan fingerprint density at radius 2 is 0.459 bits per heavy atom. The molecule has 0 radical (unpaired) electrons. The van der Waals surface area contributed by atoms with Gasteiger partial charge in [-0.15, -0.1) is 0 Å². The van der Waals surface area contributed by atoms with E-state index in [0.717, 1.165) is 77.0 Å². The standard InChI is InChI=1S/C68H126O6/c1-4-7-10-13-16-19-22-24-25-26-27-28-29-30-31-32-33-34-35-36-37-38-39-40-41-42-43-44-47-49-52-55-58-61-67(70)73-64-65(63-72-66(69)60-57-54-51-48-45-21-18-15-12-9-6-3)74-68(71)62-59-56-53-50-46-23-20-17-14-11-8-5-2/h15,17-18,20,26-27,65H,4-14,16,19,21-25,28-64H2,1-3H3/b18-15-,20-17-,27-26-. The number of allylic oxidation sites excluding steroid dienone is 6. The Hall–Kier alpha value is -2.37. The molecule has 0 aromatic heterocycles. The van der Waals surface area contributed by atoms with Crippen molar-refractivity contribution >= 4 is 17.9 Å². The smallest absolute Gasteiger partial charge is 0.306 e. The summed E-state index contributed by atoms with van der Waals surface area (Å²) >= 11 is 0. The number of ether oxygens (including phenoxy) is 3. The molecule has 1 unspecified atom stereocenters. The molecule has 0 aromatic rings. The van der Waals surface area contributed by atoms with Gasteiger partial charge in [0.15, 0.2) is 6.10 Å². The first kappa shape index (κ1) is 71.6. The number of unbranched alkanes of at least 4 members (excludes halogenated alkanes) is 44. The van der Waals surface area contributed by atoms with Crippen LogP contribution >= 0.6 is 0 Å². The van der Waals surface area contributed by atoms with Crippen LogP contribution in [0.3, 0.4) is 0 Å². The van der Waals surface area contributed by atoms with Crippen molar-refractivity contribution in [3.8, 4) is 0 Å². The van der Waals surface area contributed by atoms with Crippen molar-refractivity contribution in [3.63, 3.8) is 0 Å². The quantitative estimate of drug-likeness (QED) is 0.0261. The summed E-state index contributed by atoms with van der Waals surface area (Å²) in [6.07, 6.45) is 77.6. The number of hydrogen-bond acceptors (Lipinski definition) is 6. The number of esters is 3. The zero-order valence-electron chi connectivity index (χ0n) is 49.9. The minimum Gasteiger partial charge on any atom is -0.462 e. The maximum Gasteiger partial charge on any atom is 0.306 e. The van der Waals surface area contributed by atoms with E-state index in [2.05, 4.69) is 57.2 Å². The second-order valence-corrected chi connectivity index (χ2v) is 22.4. The molecule has 0 aliphatic carbocycles. The zero-order valence-corrected chi connectivity index (χ0v) is 49.9. The molecule has 0 saturated heterocycles. The van der Waals surface area contributed by atoms with Gasteiger partial charge in [0.1, 0.15) is 13.2 Å². The van der Waals surface area contributed by atoms with Gasteiger partial charge in [-0.2, -0.15) is 0 Å². The van der Waals surface area contributed by atoms with Gasteiger partial charge in [0.25, 0.3) is 0 Å². The van der Waals surface area contributed by atoms with E-state index in [1.165, 1.54) is 244 Å². The number of carbonyl (C=O) groups is 3. The molecular weight excluding hydrogens is 913 g/mol. The third kappa shape index (κ3) is 60.5. The van der Waals surface area contributed by atoms with Gasteiger partial charge in [0.05, 0.1) is 0 Å². The van der Waals surface area contributed by atoms with E-state index in [1.54, 1.807) is 0 Å². The molecule has 0 aromatic carbocycles. The lowest BCUT2D eigenvalue weighted by molar-refractivity contribution is -0.167. The maximum atomic E-state index is 12.8. The molecule has 434 valence electrons. The zero-order chi connectivity index (χ0) is 53.6. The van der Waals surface area contributed by atoms with Crippen LogP contribution in [0.15, 0.2) is 36.5 Å². The highest BCUT2D eigenvalue weighted by molar-refractivity contribution is 5.71. The third-order valence-corrected chi connectivity index (χ3v) is 14.8. The molecule has 0 bridgehead atoms. The van der Waals surface area contributed by atoms with E-state index >= 15 is 0 Å². The van der Waals surface area contributed by atoms with E-state index in [-0.39, 0.29) is 31.1 Å². The van der Waals surface area contributed by atoms with Gasteiger partial charge in [-0.05, 0) is 89.9 Å². The summed E-state index contributed by atoms with van der Waals surface area (Å²) in [7, 11) is 0. The topological polar surface area (TPSA) is 78.9 Å². The minimum atomic E-state index is -0.776. The molecule has 0 aliphatic heterocycles. The summed E-state index contributed by atoms with van der Waals surface area (Å²) in [5.74, 6) is -0.876. The van der Waals surface area contributed by atoms with Crippen molar-refractivity contribution in [2.24, 2.45) is 0 Å². The van der Waals surface area contributed by atoms with Gasteiger partial charge < -0.3 is 14.2 Å². The van der Waals surface area contributed by atoms with Crippen LogP contribution in [0.4, 0.5) is 0 Å². The SMILES string of the molecule is CCCC/C=C\CCCCCCCC(=O)OCC(COC(=O)CCCCCCCCCCCCCCCCCCCCCCC/C=C\CCCCCCCCCC)OC(=O)CCCCCCC/C=C\CCCCC. The Bertz CT molecular complexity index is 1240. The van der Waals surface area contributed by atoms with E-state index < -0.39 is 6.10 Å². The Morgan fingerprint density at radius 3 is 0.743 bits per heavy atom. The van der Waals surface area contributed by atoms with Crippen LogP contribution in [0.2, 0.25) is 0 Å². The highest BCUT2D eigenvalue weighted by atomic mass is 16.6. The second kappa shape index (κ2) is 63.2. The predicted molar refractivity (Wildman–Crippen MR) is 321 cm³/mol. The second-order valence-electron chi connectivity index (χ2n) is 22.4. The van der Waals surface area contributed by atoms with Gasteiger partial charge in [0, 0.05) is 19.3 Å². The fourth-order valence-corrected chi connectivity index (χ4v) is 9.83. The molecular formula is C68H126O6. The summed E-state index contributed by atoms with van der Waals surface area (Å²) in [5.41, 5.74) is 0. The van der Waals surface area contributed by atoms with Gasteiger partial charge in [-0.1, -0.05) is 288 Å². The molecule has 0 heterocycles. The first-order chi connectivity index (χ1) is 36.5. The average Bonchev–Trinajstić information content (AvgIpc) is 3.40. The number of hydrogen-bond donors (Lipinski definition) is 0. The highest BCUT2D eigenvalue weighted by Gasteiger charge is 2.19. The van der Waals surface area contributed by atoms with Crippen LogP contribution in [0.1, 0.15) is 361 Å². The fourth-order valence-electron chi connectivity index (χ4n) is 9.83. The van der Waals surface area contributed by atoms with Crippen LogP contribution < -0.4 is 0 Å². The van der Waals surface area contributed by atoms with E-state index in [4.69, 9.17) is 14.2 Å². The molecule has 74 heavy (non-hydrogen) atoms. The average molecular weight is 1040 g/mol. The largest absolute Gasteiger partial charge is 0.462 e. The van der Waals surface area contributed by atoms with Gasteiger partial charge in [-0.3, -0.25) is 14.4 Å². The molecule has 6 heteroatoms. The Kier molecular flexibility index (Phi) is 61.1. The Balaban J connectivity index is 4.00. The lowest BCUT2D eigenvalue weighted by Gasteiger charge is -2.18. The van der Waals surface area contributed by atoms with Gasteiger partial charge in [-0.25, -0.2) is 0 Å². The maximum absolute atomic E-state index is 12.8. The van der Waals surface area contributed by atoms with Crippen molar-refractivity contribution in [2.75, 3.05) is 13.2 Å². The van der Waals surface area contributed by atoms with Crippen LogP contribution in [0, 0.1) is 0 Å². The molecule has 0 fully saturated rings. The molecule has 0 amide bonds. The van der Waals surface area contributed by atoms with Gasteiger partial charge in [0.2, 0.25) is 0 Å². The molecule has 1 atom stereocenters.